The van der Waals surface area contributed by atoms with E-state index < -0.39 is 51.6 Å². The minimum absolute atomic E-state index is 0.00178. The van der Waals surface area contributed by atoms with Crippen LogP contribution < -0.4 is 0 Å². The van der Waals surface area contributed by atoms with Crippen molar-refractivity contribution < 1.29 is 32.7 Å². The van der Waals surface area contributed by atoms with Crippen LogP contribution >= 0.6 is 22.7 Å². The Morgan fingerprint density at radius 2 is 1.14 bits per heavy atom. The van der Waals surface area contributed by atoms with E-state index >= 15 is 0 Å². The van der Waals surface area contributed by atoms with E-state index in [1.165, 1.54) is 22.7 Å². The van der Waals surface area contributed by atoms with Gasteiger partial charge in [0.25, 0.3) is 0 Å². The molecule has 2 aliphatic rings. The molecular formula is C56H84N2O7S2Si2. The van der Waals surface area contributed by atoms with Crippen molar-refractivity contribution in [3.05, 3.63) is 123 Å². The van der Waals surface area contributed by atoms with Gasteiger partial charge in [-0.3, -0.25) is 0 Å². The highest BCUT2D eigenvalue weighted by molar-refractivity contribution is 7.10. The minimum Gasteiger partial charge on any atom is -0.457 e. The van der Waals surface area contributed by atoms with Crippen molar-refractivity contribution in [2.45, 2.75) is 176 Å². The lowest BCUT2D eigenvalue weighted by molar-refractivity contribution is -0.0424. The molecule has 0 spiro atoms. The summed E-state index contributed by atoms with van der Waals surface area (Å²) < 4.78 is 32.8. The first-order chi connectivity index (χ1) is 32.2. The maximum atomic E-state index is 14.0. The number of hydrogen-bond donors (Lipinski definition) is 0. The van der Waals surface area contributed by atoms with Gasteiger partial charge in [0, 0.05) is 48.0 Å². The molecule has 1 fully saturated rings. The summed E-state index contributed by atoms with van der Waals surface area (Å²) in [6.07, 6.45) is 33.4. The van der Waals surface area contributed by atoms with E-state index in [4.69, 9.17) is 28.0 Å². The van der Waals surface area contributed by atoms with Crippen molar-refractivity contribution in [1.29, 1.82) is 0 Å². The van der Waals surface area contributed by atoms with E-state index in [2.05, 4.69) is 137 Å². The Hall–Kier alpha value is -3.57. The van der Waals surface area contributed by atoms with Gasteiger partial charge in [-0.2, -0.15) is 0 Å². The van der Waals surface area contributed by atoms with Crippen LogP contribution in [0.1, 0.15) is 133 Å². The third-order valence-corrected chi connectivity index (χ3v) is 25.1. The third-order valence-electron chi connectivity index (χ3n) is 14.5. The van der Waals surface area contributed by atoms with Gasteiger partial charge in [-0.1, -0.05) is 160 Å². The van der Waals surface area contributed by atoms with Crippen molar-refractivity contribution in [3.8, 4) is 0 Å². The van der Waals surface area contributed by atoms with Gasteiger partial charge in [0.1, 0.15) is 17.2 Å². The third kappa shape index (κ3) is 16.5. The van der Waals surface area contributed by atoms with Crippen molar-refractivity contribution in [2.24, 2.45) is 22.7 Å². The first-order valence-corrected chi connectivity index (χ1v) is 32.2. The number of cyclic esters (lactones) is 2. The van der Waals surface area contributed by atoms with E-state index in [1.54, 1.807) is 17.9 Å². The molecule has 1 aliphatic heterocycles. The number of hydrogen-bond acceptors (Lipinski definition) is 11. The second-order valence-electron chi connectivity index (χ2n) is 22.7. The standard InChI is InChI=1S/C56H84N2O7S2Si2/c1-18-28-47(64-68(14,15)53(3,4)5)55(9,10)45-33-24-22-20-21-23-32-42(61-13)37-50-58-44(39-67-50)52(60)63-46(56(11,12)48(29-19-2)65-69(16,17)54(6,7)8)34-27-31-41-36-40(41)30-25-26-35-49-57-43(38-66-49)51(59)62-45/h18-32,35,38-42,45-48H,33-34,36-37H2,1-17H3/b21-20-,24-22-,28-18+,29-19+,30-25+,31-27-,32-23+,35-26-/t40-,41+,42+,45+,46+,47+,48-/m1/s1. The molecule has 0 unspecified atom stereocenters. The molecule has 1 aliphatic carbocycles. The van der Waals surface area contributed by atoms with E-state index in [0.29, 0.717) is 36.8 Å². The predicted octanol–water partition coefficient (Wildman–Crippen LogP) is 15.1. The Kier molecular flexibility index (Phi) is 20.8. The Morgan fingerprint density at radius 3 is 1.68 bits per heavy atom. The van der Waals surface area contributed by atoms with E-state index in [0.717, 1.165) is 16.4 Å². The van der Waals surface area contributed by atoms with Crippen LogP contribution in [-0.2, 0) is 29.5 Å². The second-order valence-corrected chi connectivity index (χ2v) is 34.0. The van der Waals surface area contributed by atoms with E-state index in [9.17, 15) is 9.59 Å². The lowest BCUT2D eigenvalue weighted by Crippen LogP contribution is -2.51. The summed E-state index contributed by atoms with van der Waals surface area (Å²) in [6.45, 7) is 35.0. The summed E-state index contributed by atoms with van der Waals surface area (Å²) >= 11 is 2.84. The number of nitrogens with zero attached hydrogens (tertiary/aromatic N) is 2. The molecule has 69 heavy (non-hydrogen) atoms. The van der Waals surface area contributed by atoms with Gasteiger partial charge in [0.15, 0.2) is 28.0 Å². The Bertz CT molecular complexity index is 2240. The molecule has 0 radical (unpaired) electrons. The maximum Gasteiger partial charge on any atom is 0.358 e. The van der Waals surface area contributed by atoms with Gasteiger partial charge >= 0.3 is 11.9 Å². The molecule has 0 N–H and O–H groups in total. The number of rotatable bonds is 11. The number of carbonyl (C=O) groups is 2. The number of ether oxygens (including phenoxy) is 3. The minimum atomic E-state index is -2.20. The fourth-order valence-electron chi connectivity index (χ4n) is 7.32. The molecule has 9 nitrogen and oxygen atoms in total. The Labute approximate surface area is 426 Å². The first-order valence-electron chi connectivity index (χ1n) is 24.6. The average Bonchev–Trinajstić information content (AvgIpc) is 3.56. The first kappa shape index (κ1) is 58.0. The molecule has 4 bridgehead atoms. The summed E-state index contributed by atoms with van der Waals surface area (Å²) in [5.74, 6) is -0.113. The number of thiazole rings is 2. The summed E-state index contributed by atoms with van der Waals surface area (Å²) in [4.78, 5) is 37.3. The molecule has 0 aromatic carbocycles. The summed E-state index contributed by atoms with van der Waals surface area (Å²) in [7, 11) is -2.73. The molecule has 13 heteroatoms. The molecule has 1 saturated carbocycles. The van der Waals surface area contributed by atoms with E-state index in [1.807, 2.05) is 74.6 Å². The summed E-state index contributed by atoms with van der Waals surface area (Å²) in [5, 5.41) is 5.05. The zero-order valence-corrected chi connectivity index (χ0v) is 48.5. The lowest BCUT2D eigenvalue weighted by Gasteiger charge is -2.45. The number of carbonyl (C=O) groups excluding carboxylic acids is 2. The lowest BCUT2D eigenvalue weighted by atomic mass is 9.79. The predicted molar refractivity (Wildman–Crippen MR) is 294 cm³/mol. The zero-order valence-electron chi connectivity index (χ0n) is 44.8. The summed E-state index contributed by atoms with van der Waals surface area (Å²) in [5.41, 5.74) is -0.576. The topological polar surface area (TPSA) is 106 Å². The maximum absolute atomic E-state index is 14.0. The van der Waals surface area contributed by atoms with E-state index in [-0.39, 0.29) is 34.1 Å². The molecule has 0 saturated heterocycles. The van der Waals surface area contributed by atoms with Gasteiger partial charge in [-0.15, -0.1) is 22.7 Å². The number of methoxy groups -OCH3 is 1. The molecule has 380 valence electrons. The average molecular weight is 1020 g/mol. The molecule has 3 heterocycles. The van der Waals surface area contributed by atoms with Crippen LogP contribution in [0.5, 0.6) is 0 Å². The van der Waals surface area contributed by atoms with Crippen LogP contribution in [0, 0.1) is 22.7 Å². The second kappa shape index (κ2) is 24.7. The normalized spacial score (nSPS) is 26.0. The molecule has 7 atom stereocenters. The highest BCUT2D eigenvalue weighted by Gasteiger charge is 2.47. The van der Waals surface area contributed by atoms with Crippen LogP contribution in [0.15, 0.2) is 102 Å². The van der Waals surface area contributed by atoms with Crippen LogP contribution in [0.25, 0.3) is 6.08 Å². The largest absolute Gasteiger partial charge is 0.457 e. The van der Waals surface area contributed by atoms with Crippen LogP contribution in [0.3, 0.4) is 0 Å². The SMILES string of the molecule is C/C=C/[C@H](O[Si](C)(C)C(C)(C)C)C(C)(C)[C@@H]1C\C=C/C=C\C=C\[C@H](OC)Cc2nc(cs2)C(=O)O[C@H](C(C)(C)[C@@H](/C=C/C)O[Si](C)(C)C(C)(C)C)C/C=C\[C@H]2C[C@H]2/C=C/C=C\c2nc(cs2)C(=O)O1. The quantitative estimate of drug-likeness (QED) is 0.124. The molecular weight excluding hydrogens is 933 g/mol. The Morgan fingerprint density at radius 1 is 0.652 bits per heavy atom. The van der Waals surface area contributed by atoms with Gasteiger partial charge in [0.2, 0.25) is 0 Å². The highest BCUT2D eigenvalue weighted by atomic mass is 32.1. The van der Waals surface area contributed by atoms with Gasteiger partial charge in [-0.05, 0) is 74.4 Å². The summed E-state index contributed by atoms with van der Waals surface area (Å²) in [6, 6.07) is 0. The van der Waals surface area contributed by atoms with Crippen molar-refractivity contribution >= 4 is 57.3 Å². The molecule has 2 aromatic rings. The van der Waals surface area contributed by atoms with Crippen LogP contribution in [0.2, 0.25) is 36.3 Å². The number of aromatic nitrogens is 2. The number of fused-ring (bicyclic) bond motifs is 5. The van der Waals surface area contributed by atoms with Crippen LogP contribution in [-0.4, -0.2) is 76.2 Å². The van der Waals surface area contributed by atoms with Crippen molar-refractivity contribution in [3.63, 3.8) is 0 Å². The fraction of sp³-hybridized carbons (Fsp3) is 0.571. The fourth-order valence-corrected chi connectivity index (χ4v) is 11.6. The molecule has 2 aromatic heterocycles. The smallest absolute Gasteiger partial charge is 0.358 e. The molecule has 4 rings (SSSR count). The Balaban J connectivity index is 1.66. The van der Waals surface area contributed by atoms with Gasteiger partial charge < -0.3 is 23.1 Å². The number of allylic oxidation sites excluding steroid dienone is 10. The van der Waals surface area contributed by atoms with Crippen LogP contribution in [0.4, 0.5) is 0 Å². The van der Waals surface area contributed by atoms with Crippen molar-refractivity contribution in [1.82, 2.24) is 9.97 Å². The zero-order chi connectivity index (χ0) is 51.4. The van der Waals surface area contributed by atoms with Crippen molar-refractivity contribution in [2.75, 3.05) is 7.11 Å². The van der Waals surface area contributed by atoms with Gasteiger partial charge in [0.05, 0.1) is 23.3 Å². The monoisotopic (exact) mass is 1020 g/mol. The highest BCUT2D eigenvalue weighted by Crippen LogP contribution is 2.45. The number of esters is 2. The van der Waals surface area contributed by atoms with Gasteiger partial charge in [-0.25, -0.2) is 19.6 Å². The molecule has 0 amide bonds.